The SMILES string of the molecule is O=C(NCCN1CCCCC1=O)Oc1ccccc1. The van der Waals surface area contributed by atoms with Crippen LogP contribution in [0.1, 0.15) is 19.3 Å². The second-order valence-corrected chi connectivity index (χ2v) is 4.47. The van der Waals surface area contributed by atoms with E-state index in [1.165, 1.54) is 0 Å². The van der Waals surface area contributed by atoms with Crippen LogP contribution in [0.15, 0.2) is 30.3 Å². The maximum absolute atomic E-state index is 11.5. The van der Waals surface area contributed by atoms with Crippen molar-refractivity contribution in [3.8, 4) is 5.75 Å². The number of nitrogens with zero attached hydrogens (tertiary/aromatic N) is 1. The molecule has 1 saturated heterocycles. The molecule has 1 fully saturated rings. The van der Waals surface area contributed by atoms with Gasteiger partial charge in [0.05, 0.1) is 0 Å². The Balaban J connectivity index is 1.68. The molecule has 0 aliphatic carbocycles. The van der Waals surface area contributed by atoms with Gasteiger partial charge >= 0.3 is 6.09 Å². The van der Waals surface area contributed by atoms with Crippen LogP contribution in [0.5, 0.6) is 5.75 Å². The zero-order chi connectivity index (χ0) is 13.5. The maximum atomic E-state index is 11.5. The number of likely N-dealkylation sites (tertiary alicyclic amines) is 1. The Labute approximate surface area is 112 Å². The minimum atomic E-state index is -0.490. The number of carbonyl (C=O) groups excluding carboxylic acids is 2. The van der Waals surface area contributed by atoms with Gasteiger partial charge in [0.1, 0.15) is 5.75 Å². The van der Waals surface area contributed by atoms with Crippen LogP contribution in [0.2, 0.25) is 0 Å². The van der Waals surface area contributed by atoms with Gasteiger partial charge in [-0.2, -0.15) is 0 Å². The van der Waals surface area contributed by atoms with E-state index in [2.05, 4.69) is 5.32 Å². The first kappa shape index (κ1) is 13.4. The van der Waals surface area contributed by atoms with Gasteiger partial charge in [0, 0.05) is 26.1 Å². The molecule has 0 bridgehead atoms. The van der Waals surface area contributed by atoms with Crippen molar-refractivity contribution in [1.82, 2.24) is 10.2 Å². The third-order valence-corrected chi connectivity index (χ3v) is 3.03. The Morgan fingerprint density at radius 3 is 2.79 bits per heavy atom. The van der Waals surface area contributed by atoms with Crippen LogP contribution in [-0.4, -0.2) is 36.5 Å². The van der Waals surface area contributed by atoms with E-state index in [1.54, 1.807) is 29.2 Å². The number of hydrogen-bond donors (Lipinski definition) is 1. The molecule has 5 nitrogen and oxygen atoms in total. The molecule has 1 aromatic rings. The van der Waals surface area contributed by atoms with Gasteiger partial charge in [-0.15, -0.1) is 0 Å². The summed E-state index contributed by atoms with van der Waals surface area (Å²) in [5, 5.41) is 2.64. The molecule has 1 aliphatic heterocycles. The quantitative estimate of drug-likeness (QED) is 0.900. The third-order valence-electron chi connectivity index (χ3n) is 3.03. The summed E-state index contributed by atoms with van der Waals surface area (Å²) in [5.41, 5.74) is 0. The van der Waals surface area contributed by atoms with Crippen LogP contribution >= 0.6 is 0 Å². The average molecular weight is 262 g/mol. The van der Waals surface area contributed by atoms with Crippen LogP contribution in [0, 0.1) is 0 Å². The van der Waals surface area contributed by atoms with Crippen molar-refractivity contribution < 1.29 is 14.3 Å². The number of piperidine rings is 1. The lowest BCUT2D eigenvalue weighted by Gasteiger charge is -2.26. The first-order valence-corrected chi connectivity index (χ1v) is 6.54. The summed E-state index contributed by atoms with van der Waals surface area (Å²) < 4.78 is 5.08. The summed E-state index contributed by atoms with van der Waals surface area (Å²) in [7, 11) is 0. The summed E-state index contributed by atoms with van der Waals surface area (Å²) in [6.45, 7) is 1.74. The highest BCUT2D eigenvalue weighted by Gasteiger charge is 2.17. The minimum Gasteiger partial charge on any atom is -0.410 e. The number of benzene rings is 1. The van der Waals surface area contributed by atoms with Crippen molar-refractivity contribution in [3.05, 3.63) is 30.3 Å². The van der Waals surface area contributed by atoms with Gasteiger partial charge in [-0.3, -0.25) is 4.79 Å². The Bertz CT molecular complexity index is 434. The summed E-state index contributed by atoms with van der Waals surface area (Å²) in [5.74, 6) is 0.679. The smallest absolute Gasteiger partial charge is 0.410 e. The Morgan fingerprint density at radius 1 is 1.26 bits per heavy atom. The molecule has 0 saturated carbocycles. The number of carbonyl (C=O) groups is 2. The fraction of sp³-hybridized carbons (Fsp3) is 0.429. The molecule has 0 radical (unpaired) electrons. The van der Waals surface area contributed by atoms with Crippen molar-refractivity contribution in [2.45, 2.75) is 19.3 Å². The highest BCUT2D eigenvalue weighted by molar-refractivity contribution is 5.77. The highest BCUT2D eigenvalue weighted by Crippen LogP contribution is 2.10. The van der Waals surface area contributed by atoms with Gasteiger partial charge in [0.2, 0.25) is 5.91 Å². The van der Waals surface area contributed by atoms with Crippen molar-refractivity contribution in [3.63, 3.8) is 0 Å². The summed E-state index contributed by atoms with van der Waals surface area (Å²) in [6.07, 6.45) is 2.14. The van der Waals surface area contributed by atoms with Crippen LogP contribution < -0.4 is 10.1 Å². The molecule has 1 heterocycles. The summed E-state index contributed by atoms with van der Waals surface area (Å²) >= 11 is 0. The predicted molar refractivity (Wildman–Crippen MR) is 70.9 cm³/mol. The molecule has 1 N–H and O–H groups in total. The Morgan fingerprint density at radius 2 is 2.05 bits per heavy atom. The molecule has 0 aromatic heterocycles. The fourth-order valence-electron chi connectivity index (χ4n) is 2.02. The molecule has 2 amide bonds. The van der Waals surface area contributed by atoms with E-state index in [0.717, 1.165) is 19.4 Å². The lowest BCUT2D eigenvalue weighted by molar-refractivity contribution is -0.133. The first-order valence-electron chi connectivity index (χ1n) is 6.54. The zero-order valence-corrected chi connectivity index (χ0v) is 10.8. The predicted octanol–water partition coefficient (Wildman–Crippen LogP) is 1.79. The fourth-order valence-corrected chi connectivity index (χ4v) is 2.02. The van der Waals surface area contributed by atoms with Gasteiger partial charge in [-0.1, -0.05) is 18.2 Å². The van der Waals surface area contributed by atoms with Gasteiger partial charge in [-0.25, -0.2) is 4.79 Å². The monoisotopic (exact) mass is 262 g/mol. The molecule has 2 rings (SSSR count). The first-order chi connectivity index (χ1) is 9.25. The van der Waals surface area contributed by atoms with Crippen molar-refractivity contribution in [2.75, 3.05) is 19.6 Å². The molecule has 5 heteroatoms. The van der Waals surface area contributed by atoms with E-state index < -0.39 is 6.09 Å². The average Bonchev–Trinajstić information content (AvgIpc) is 2.42. The molecule has 19 heavy (non-hydrogen) atoms. The number of hydrogen-bond acceptors (Lipinski definition) is 3. The van der Waals surface area contributed by atoms with E-state index in [1.807, 2.05) is 6.07 Å². The van der Waals surface area contributed by atoms with E-state index >= 15 is 0 Å². The Hall–Kier alpha value is -2.04. The van der Waals surface area contributed by atoms with Gasteiger partial charge in [-0.05, 0) is 25.0 Å². The van der Waals surface area contributed by atoms with E-state index in [-0.39, 0.29) is 5.91 Å². The number of rotatable bonds is 4. The van der Waals surface area contributed by atoms with Gasteiger partial charge in [0.25, 0.3) is 0 Å². The highest BCUT2D eigenvalue weighted by atomic mass is 16.6. The topological polar surface area (TPSA) is 58.6 Å². The van der Waals surface area contributed by atoms with Gasteiger partial charge in [0.15, 0.2) is 0 Å². The van der Waals surface area contributed by atoms with Crippen molar-refractivity contribution in [1.29, 1.82) is 0 Å². The number of ether oxygens (including phenoxy) is 1. The van der Waals surface area contributed by atoms with Crippen LogP contribution in [0.4, 0.5) is 4.79 Å². The summed E-state index contributed by atoms with van der Waals surface area (Å²) in [4.78, 5) is 24.8. The third kappa shape index (κ3) is 4.28. The van der Waals surface area contributed by atoms with Crippen LogP contribution in [0.25, 0.3) is 0 Å². The minimum absolute atomic E-state index is 0.171. The molecular formula is C14H18N2O3. The lowest BCUT2D eigenvalue weighted by Crippen LogP contribution is -2.41. The summed E-state index contributed by atoms with van der Waals surface area (Å²) in [6, 6.07) is 8.89. The maximum Gasteiger partial charge on any atom is 0.412 e. The molecule has 102 valence electrons. The number of para-hydroxylation sites is 1. The van der Waals surface area contributed by atoms with E-state index in [4.69, 9.17) is 4.74 Å². The number of nitrogens with one attached hydrogen (secondary N) is 1. The molecule has 1 aromatic carbocycles. The molecule has 0 unspecified atom stereocenters. The van der Waals surface area contributed by atoms with Crippen LogP contribution in [0.3, 0.4) is 0 Å². The van der Waals surface area contributed by atoms with Crippen LogP contribution in [-0.2, 0) is 4.79 Å². The standard InChI is InChI=1S/C14H18N2O3/c17-13-8-4-5-10-16(13)11-9-15-14(18)19-12-6-2-1-3-7-12/h1-3,6-7H,4-5,8-11H2,(H,15,18). The van der Waals surface area contributed by atoms with E-state index in [0.29, 0.717) is 25.3 Å². The molecule has 1 aliphatic rings. The van der Waals surface area contributed by atoms with Crippen molar-refractivity contribution in [2.24, 2.45) is 0 Å². The largest absolute Gasteiger partial charge is 0.412 e. The Kier molecular flexibility index (Phi) is 4.78. The lowest BCUT2D eigenvalue weighted by atomic mass is 10.1. The normalized spacial score (nSPS) is 15.2. The van der Waals surface area contributed by atoms with Gasteiger partial charge < -0.3 is 15.0 Å². The van der Waals surface area contributed by atoms with Crippen molar-refractivity contribution >= 4 is 12.0 Å². The second-order valence-electron chi connectivity index (χ2n) is 4.47. The molecular weight excluding hydrogens is 244 g/mol. The second kappa shape index (κ2) is 6.78. The number of amides is 2. The zero-order valence-electron chi connectivity index (χ0n) is 10.8. The molecule has 0 spiro atoms. The molecule has 0 atom stereocenters. The van der Waals surface area contributed by atoms with E-state index in [9.17, 15) is 9.59 Å².